The molecule has 2 heterocycles. The first-order valence-corrected chi connectivity index (χ1v) is 16.9. The zero-order valence-corrected chi connectivity index (χ0v) is 27.4. The first-order chi connectivity index (χ1) is 22.1. The molecule has 0 radical (unpaired) electrons. The fourth-order valence-electron chi connectivity index (χ4n) is 7.06. The second-order valence-electron chi connectivity index (χ2n) is 13.0. The number of benzene rings is 1. The van der Waals surface area contributed by atoms with Crippen LogP contribution < -0.4 is 16.0 Å². The molecule has 2 aliphatic carbocycles. The third-order valence-corrected chi connectivity index (χ3v) is 10.0. The highest BCUT2D eigenvalue weighted by atomic mass is 19.1. The minimum Gasteiger partial charge on any atom is -0.344 e. The van der Waals surface area contributed by atoms with Gasteiger partial charge in [0.15, 0.2) is 0 Å². The first-order valence-electron chi connectivity index (χ1n) is 16.9. The Morgan fingerprint density at radius 3 is 2.41 bits per heavy atom. The molecule has 0 unspecified atom stereocenters. The number of nitrogens with zero attached hydrogens (tertiary/aromatic N) is 4. The Kier molecular flexibility index (Phi) is 10.8. The molecule has 1 aromatic heterocycles. The van der Waals surface area contributed by atoms with E-state index in [0.29, 0.717) is 30.4 Å². The highest BCUT2D eigenvalue weighted by molar-refractivity contribution is 6.00. The summed E-state index contributed by atoms with van der Waals surface area (Å²) in [6.45, 7) is 7.29. The lowest BCUT2D eigenvalue weighted by molar-refractivity contribution is -0.138. The van der Waals surface area contributed by atoms with Crippen molar-refractivity contribution in [2.75, 3.05) is 25.5 Å². The van der Waals surface area contributed by atoms with Crippen molar-refractivity contribution in [2.45, 2.75) is 109 Å². The number of piperazine rings is 1. The summed E-state index contributed by atoms with van der Waals surface area (Å²) in [5.74, 6) is -2.51. The molecule has 2 aromatic rings. The van der Waals surface area contributed by atoms with Crippen LogP contribution in [0.15, 0.2) is 30.5 Å². The van der Waals surface area contributed by atoms with Crippen LogP contribution in [0.25, 0.3) is 0 Å². The lowest BCUT2D eigenvalue weighted by Crippen LogP contribution is -2.55. The zero-order chi connectivity index (χ0) is 33.0. The monoisotopic (exact) mass is 637 g/mol. The highest BCUT2D eigenvalue weighted by Gasteiger charge is 2.50. The molecule has 1 aliphatic heterocycles. The third-order valence-electron chi connectivity index (χ3n) is 10.0. The lowest BCUT2D eigenvalue weighted by atomic mass is 9.90. The van der Waals surface area contributed by atoms with Crippen LogP contribution in [-0.2, 0) is 20.9 Å². The smallest absolute Gasteiger partial charge is 0.270 e. The van der Waals surface area contributed by atoms with Gasteiger partial charge in [-0.15, -0.1) is 0 Å². The molecular formula is C34H48FN7O4. The molecule has 1 saturated heterocycles. The summed E-state index contributed by atoms with van der Waals surface area (Å²) in [7, 11) is 2.06. The van der Waals surface area contributed by atoms with E-state index in [4.69, 9.17) is 0 Å². The van der Waals surface area contributed by atoms with E-state index in [1.54, 1.807) is 29.9 Å². The molecular weight excluding hydrogens is 589 g/mol. The van der Waals surface area contributed by atoms with Gasteiger partial charge >= 0.3 is 0 Å². The number of rotatable bonds is 11. The molecule has 1 aromatic carbocycles. The molecule has 12 heteroatoms. The summed E-state index contributed by atoms with van der Waals surface area (Å²) in [6, 6.07) is 4.91. The molecule has 3 fully saturated rings. The van der Waals surface area contributed by atoms with Crippen LogP contribution in [0.3, 0.4) is 0 Å². The Morgan fingerprint density at radius 2 is 1.74 bits per heavy atom. The van der Waals surface area contributed by atoms with Crippen molar-refractivity contribution in [1.82, 2.24) is 30.2 Å². The Hall–Kier alpha value is -3.80. The van der Waals surface area contributed by atoms with Gasteiger partial charge in [-0.05, 0) is 62.9 Å². The van der Waals surface area contributed by atoms with Gasteiger partial charge < -0.3 is 20.9 Å². The van der Waals surface area contributed by atoms with Gasteiger partial charge in [-0.1, -0.05) is 45.6 Å². The van der Waals surface area contributed by atoms with Gasteiger partial charge in [-0.3, -0.25) is 28.8 Å². The van der Waals surface area contributed by atoms with Gasteiger partial charge in [0.1, 0.15) is 23.6 Å². The van der Waals surface area contributed by atoms with Crippen molar-refractivity contribution in [3.8, 4) is 0 Å². The van der Waals surface area contributed by atoms with Crippen LogP contribution >= 0.6 is 0 Å². The molecule has 3 aliphatic rings. The molecule has 5 rings (SSSR count). The van der Waals surface area contributed by atoms with Gasteiger partial charge in [-0.2, -0.15) is 5.10 Å². The topological polar surface area (TPSA) is 129 Å². The number of hydrogen-bond donors (Lipinski definition) is 3. The Labute approximate surface area is 270 Å². The van der Waals surface area contributed by atoms with Crippen molar-refractivity contribution in [1.29, 1.82) is 0 Å². The number of aromatic nitrogens is 2. The molecule has 2 saturated carbocycles. The van der Waals surface area contributed by atoms with Crippen molar-refractivity contribution in [2.24, 2.45) is 5.92 Å². The first kappa shape index (κ1) is 33.6. The number of aryl methyl sites for hydroxylation is 1. The fraction of sp³-hybridized carbons (Fsp3) is 0.618. The van der Waals surface area contributed by atoms with E-state index < -0.39 is 35.6 Å². The fourth-order valence-corrected chi connectivity index (χ4v) is 7.06. The average molecular weight is 638 g/mol. The Bertz CT molecular complexity index is 1420. The number of likely N-dealkylation sites (N-methyl/N-ethyl adjacent to an activating group) is 1. The average Bonchev–Trinajstić information content (AvgIpc) is 3.79. The summed E-state index contributed by atoms with van der Waals surface area (Å²) in [5.41, 5.74) is 0.896. The van der Waals surface area contributed by atoms with E-state index >= 15 is 4.39 Å². The molecule has 0 spiro atoms. The predicted octanol–water partition coefficient (Wildman–Crippen LogP) is 3.66. The van der Waals surface area contributed by atoms with E-state index in [1.165, 1.54) is 12.1 Å². The number of nitrogens with one attached hydrogen (secondary N) is 3. The molecule has 0 bridgehead atoms. The van der Waals surface area contributed by atoms with Crippen molar-refractivity contribution < 1.29 is 23.6 Å². The number of fused-ring (bicyclic) bond motifs is 1. The summed E-state index contributed by atoms with van der Waals surface area (Å²) >= 11 is 0. The van der Waals surface area contributed by atoms with Crippen molar-refractivity contribution in [3.63, 3.8) is 0 Å². The van der Waals surface area contributed by atoms with E-state index in [2.05, 4.69) is 33.0 Å². The van der Waals surface area contributed by atoms with Crippen LogP contribution in [0.1, 0.15) is 94.1 Å². The summed E-state index contributed by atoms with van der Waals surface area (Å²) in [6.07, 6.45) is 8.35. The van der Waals surface area contributed by atoms with Crippen LogP contribution in [-0.4, -0.2) is 87.5 Å². The van der Waals surface area contributed by atoms with Gasteiger partial charge in [0.25, 0.3) is 5.91 Å². The molecule has 11 nitrogen and oxygen atoms in total. The highest BCUT2D eigenvalue weighted by Crippen LogP contribution is 2.37. The minimum absolute atomic E-state index is 0.00668. The van der Waals surface area contributed by atoms with Crippen LogP contribution in [0.4, 0.5) is 10.1 Å². The number of carbonyl (C=O) groups is 4. The normalized spacial score (nSPS) is 22.2. The van der Waals surface area contributed by atoms with E-state index in [-0.39, 0.29) is 35.9 Å². The maximum absolute atomic E-state index is 15.7. The molecule has 5 atom stereocenters. The predicted molar refractivity (Wildman–Crippen MR) is 173 cm³/mol. The van der Waals surface area contributed by atoms with Gasteiger partial charge in [-0.25, -0.2) is 4.39 Å². The number of anilines is 1. The maximum Gasteiger partial charge on any atom is 0.270 e. The molecule has 4 amide bonds. The van der Waals surface area contributed by atoms with Crippen molar-refractivity contribution in [3.05, 3.63) is 47.5 Å². The van der Waals surface area contributed by atoms with E-state index in [0.717, 1.165) is 51.5 Å². The number of halogens is 1. The van der Waals surface area contributed by atoms with Gasteiger partial charge in [0.2, 0.25) is 17.7 Å². The molecule has 3 N–H and O–H groups in total. The Balaban J connectivity index is 1.33. The van der Waals surface area contributed by atoms with Crippen LogP contribution in [0.2, 0.25) is 0 Å². The number of hydrogen-bond acceptors (Lipinski definition) is 6. The molecule has 46 heavy (non-hydrogen) atoms. The minimum atomic E-state index is -0.844. The third kappa shape index (κ3) is 7.43. The van der Waals surface area contributed by atoms with Crippen molar-refractivity contribution >= 4 is 29.3 Å². The van der Waals surface area contributed by atoms with E-state index in [9.17, 15) is 19.2 Å². The van der Waals surface area contributed by atoms with E-state index in [1.807, 2.05) is 18.7 Å². The zero-order valence-electron chi connectivity index (χ0n) is 27.4. The second-order valence-corrected chi connectivity index (χ2v) is 13.0. The largest absolute Gasteiger partial charge is 0.344 e. The quantitative estimate of drug-likeness (QED) is 0.323. The maximum atomic E-state index is 15.7. The lowest BCUT2D eigenvalue weighted by Gasteiger charge is -2.36. The SMILES string of the molecule is CCC(=O)N[C@@H](C(=O)N1CCN(C)[C@@H]2C[C@@H]21)[C@@H](C)c1ccc(NC(=O)[C@@H](NC(=O)c2ccnn2CC)C2CCCCCC2)c(F)c1. The van der Waals surface area contributed by atoms with Gasteiger partial charge in [0.05, 0.1) is 5.69 Å². The molecule has 250 valence electrons. The second kappa shape index (κ2) is 14.7. The standard InChI is InChI=1S/C34H48FN7O4/c1-5-29(43)38-30(34(46)41-18-17-40(4)27-20-28(27)41)21(3)23-13-14-25(24(35)19-23)37-33(45)31(22-11-9-7-8-10-12-22)39-32(44)26-15-16-36-42(26)6-2/h13-16,19,21-22,27-28,30-31H,5-12,17-18,20H2,1-4H3,(H,37,45)(H,38,43)(H,39,44)/t21-,27+,28-,30+,31-/m0/s1. The summed E-state index contributed by atoms with van der Waals surface area (Å²) in [5, 5.41) is 12.7. The van der Waals surface area contributed by atoms with Crippen LogP contribution in [0, 0.1) is 11.7 Å². The number of amides is 4. The number of carbonyl (C=O) groups excluding carboxylic acids is 4. The summed E-state index contributed by atoms with van der Waals surface area (Å²) in [4.78, 5) is 57.4. The van der Waals surface area contributed by atoms with Gasteiger partial charge in [0, 0.05) is 50.3 Å². The summed E-state index contributed by atoms with van der Waals surface area (Å²) < 4.78 is 17.3. The Morgan fingerprint density at radius 1 is 1.00 bits per heavy atom. The van der Waals surface area contributed by atoms with Crippen LogP contribution in [0.5, 0.6) is 0 Å².